The number of amides is 2. The molecule has 4 heteroatoms. The Balaban J connectivity index is 2.89. The van der Waals surface area contributed by atoms with E-state index < -0.39 is 0 Å². The summed E-state index contributed by atoms with van der Waals surface area (Å²) in [5, 5.41) is 0. The first-order chi connectivity index (χ1) is 9.98. The van der Waals surface area contributed by atoms with Crippen LogP contribution in [0.25, 0.3) is 0 Å². The van der Waals surface area contributed by atoms with Crippen molar-refractivity contribution in [2.45, 2.75) is 94.4 Å². The van der Waals surface area contributed by atoms with Gasteiger partial charge in [0.1, 0.15) is 0 Å². The van der Waals surface area contributed by atoms with Crippen LogP contribution in [0.5, 0.6) is 0 Å². The Kier molecular flexibility index (Phi) is 8.21. The lowest BCUT2D eigenvalue weighted by Crippen LogP contribution is -2.51. The predicted molar refractivity (Wildman–Crippen MR) is 95.6 cm³/mol. The molecule has 1 aliphatic heterocycles. The van der Waals surface area contributed by atoms with Crippen LogP contribution in [0.1, 0.15) is 85.0 Å². The first kappa shape index (κ1) is 18.9. The Morgan fingerprint density at radius 1 is 1.19 bits per heavy atom. The van der Waals surface area contributed by atoms with E-state index >= 15 is 0 Å². The number of carbonyl (C=O) groups is 2. The molecule has 0 spiro atoms. The first-order valence-electron chi connectivity index (χ1n) is 8.49. The fraction of sp³-hybridized carbons (Fsp3) is 0.882. The maximum atomic E-state index is 12.5. The molecule has 0 aromatic rings. The Morgan fingerprint density at radius 3 is 2.14 bits per heavy atom. The molecule has 122 valence electrons. The number of unbranched alkanes of at least 4 members (excludes halogenated alkanes) is 4. The smallest absolute Gasteiger partial charge is 0.242 e. The van der Waals surface area contributed by atoms with Gasteiger partial charge in [0.15, 0.2) is 0 Å². The SMILES string of the molecule is CCCCCC1(CCCCC)CCC(=O)N1C(=O)C(C)I. The molecular weight excluding hydrogens is 377 g/mol. The quantitative estimate of drug-likeness (QED) is 0.311. The van der Waals surface area contributed by atoms with Crippen molar-refractivity contribution in [1.82, 2.24) is 4.90 Å². The van der Waals surface area contributed by atoms with Gasteiger partial charge >= 0.3 is 0 Å². The van der Waals surface area contributed by atoms with Crippen molar-refractivity contribution in [2.24, 2.45) is 0 Å². The van der Waals surface area contributed by atoms with Gasteiger partial charge < -0.3 is 0 Å². The molecular formula is C17H30INO2. The highest BCUT2D eigenvalue weighted by Crippen LogP contribution is 2.40. The van der Waals surface area contributed by atoms with Crippen LogP contribution in [-0.4, -0.2) is 26.2 Å². The molecule has 3 nitrogen and oxygen atoms in total. The zero-order valence-electron chi connectivity index (χ0n) is 13.8. The Bertz CT molecular complexity index is 345. The fourth-order valence-electron chi connectivity index (χ4n) is 3.37. The van der Waals surface area contributed by atoms with Crippen molar-refractivity contribution in [3.63, 3.8) is 0 Å². The molecule has 0 aromatic heterocycles. The van der Waals surface area contributed by atoms with Crippen LogP contribution in [0.3, 0.4) is 0 Å². The second-order valence-corrected chi connectivity index (χ2v) is 8.19. The van der Waals surface area contributed by atoms with Crippen molar-refractivity contribution >= 4 is 34.4 Å². The van der Waals surface area contributed by atoms with Gasteiger partial charge in [-0.15, -0.1) is 0 Å². The van der Waals surface area contributed by atoms with E-state index in [9.17, 15) is 9.59 Å². The molecule has 0 radical (unpaired) electrons. The van der Waals surface area contributed by atoms with Gasteiger partial charge in [0.05, 0.1) is 9.46 Å². The van der Waals surface area contributed by atoms with Crippen LogP contribution in [0, 0.1) is 0 Å². The molecule has 0 bridgehead atoms. The second kappa shape index (κ2) is 9.11. The minimum Gasteiger partial charge on any atom is -0.275 e. The maximum Gasteiger partial charge on any atom is 0.242 e. The number of rotatable bonds is 9. The minimum atomic E-state index is -0.183. The van der Waals surface area contributed by atoms with E-state index in [1.807, 2.05) is 6.92 Å². The predicted octanol–water partition coefficient (Wildman–Crippen LogP) is 4.86. The number of halogens is 1. The molecule has 1 aliphatic rings. The molecule has 1 saturated heterocycles. The van der Waals surface area contributed by atoms with E-state index in [0.717, 1.165) is 32.1 Å². The Labute approximate surface area is 143 Å². The second-order valence-electron chi connectivity index (χ2n) is 6.32. The number of alkyl halides is 1. The molecule has 1 heterocycles. The molecule has 0 aromatic carbocycles. The van der Waals surface area contributed by atoms with E-state index in [1.165, 1.54) is 25.7 Å². The van der Waals surface area contributed by atoms with Crippen molar-refractivity contribution in [3.05, 3.63) is 0 Å². The summed E-state index contributed by atoms with van der Waals surface area (Å²) in [4.78, 5) is 26.5. The third-order valence-electron chi connectivity index (χ3n) is 4.58. The normalized spacial score (nSPS) is 19.0. The number of hydrogen-bond donors (Lipinski definition) is 0. The van der Waals surface area contributed by atoms with E-state index in [1.54, 1.807) is 4.90 Å². The standard InChI is InChI=1S/C17H30INO2/c1-4-6-8-11-17(12-9-7-5-2)13-10-15(20)19(17)16(21)14(3)18/h14H,4-13H2,1-3H3. The molecule has 2 amide bonds. The average Bonchev–Trinajstić information content (AvgIpc) is 2.76. The van der Waals surface area contributed by atoms with E-state index in [2.05, 4.69) is 36.4 Å². The van der Waals surface area contributed by atoms with Gasteiger partial charge in [-0.05, 0) is 26.2 Å². The Hall–Kier alpha value is -0.130. The van der Waals surface area contributed by atoms with E-state index in [-0.39, 0.29) is 21.3 Å². The van der Waals surface area contributed by atoms with Crippen molar-refractivity contribution in [2.75, 3.05) is 0 Å². The van der Waals surface area contributed by atoms with Crippen molar-refractivity contribution < 1.29 is 9.59 Å². The van der Waals surface area contributed by atoms with Crippen molar-refractivity contribution in [3.8, 4) is 0 Å². The minimum absolute atomic E-state index is 0.0195. The van der Waals surface area contributed by atoms with Crippen LogP contribution in [0.4, 0.5) is 0 Å². The van der Waals surface area contributed by atoms with Gasteiger partial charge in [-0.3, -0.25) is 14.5 Å². The summed E-state index contributed by atoms with van der Waals surface area (Å²) in [7, 11) is 0. The zero-order valence-corrected chi connectivity index (χ0v) is 15.9. The first-order valence-corrected chi connectivity index (χ1v) is 9.74. The van der Waals surface area contributed by atoms with Gasteiger partial charge in [0, 0.05) is 6.42 Å². The summed E-state index contributed by atoms with van der Waals surface area (Å²) in [6.45, 7) is 6.27. The highest BCUT2D eigenvalue weighted by molar-refractivity contribution is 14.1. The topological polar surface area (TPSA) is 37.4 Å². The summed E-state index contributed by atoms with van der Waals surface area (Å²) in [5.41, 5.74) is -0.183. The molecule has 0 aliphatic carbocycles. The largest absolute Gasteiger partial charge is 0.275 e. The summed E-state index contributed by atoms with van der Waals surface area (Å²) in [5.74, 6) is 0.0719. The average molecular weight is 407 g/mol. The van der Waals surface area contributed by atoms with Crippen molar-refractivity contribution in [1.29, 1.82) is 0 Å². The molecule has 1 fully saturated rings. The van der Waals surface area contributed by atoms with Crippen LogP contribution in [0.15, 0.2) is 0 Å². The molecule has 21 heavy (non-hydrogen) atoms. The number of carbonyl (C=O) groups excluding carboxylic acids is 2. The van der Waals surface area contributed by atoms with Gasteiger partial charge in [0.25, 0.3) is 0 Å². The van der Waals surface area contributed by atoms with Crippen LogP contribution in [0.2, 0.25) is 0 Å². The third kappa shape index (κ3) is 4.93. The summed E-state index contributed by atoms with van der Waals surface area (Å²) < 4.78 is -0.124. The van der Waals surface area contributed by atoms with Crippen LogP contribution >= 0.6 is 22.6 Å². The summed E-state index contributed by atoms with van der Waals surface area (Å²) >= 11 is 2.13. The van der Waals surface area contributed by atoms with E-state index in [0.29, 0.717) is 6.42 Å². The maximum absolute atomic E-state index is 12.5. The van der Waals surface area contributed by atoms with Gasteiger partial charge in [-0.1, -0.05) is 75.0 Å². The number of nitrogens with zero attached hydrogens (tertiary/aromatic N) is 1. The Morgan fingerprint density at radius 2 is 1.71 bits per heavy atom. The number of imide groups is 1. The summed E-state index contributed by atoms with van der Waals surface area (Å²) in [6.07, 6.45) is 10.4. The lowest BCUT2D eigenvalue weighted by atomic mass is 9.84. The number of likely N-dealkylation sites (tertiary alicyclic amines) is 1. The van der Waals surface area contributed by atoms with E-state index in [4.69, 9.17) is 0 Å². The molecule has 0 N–H and O–H groups in total. The van der Waals surface area contributed by atoms with Crippen LogP contribution in [-0.2, 0) is 9.59 Å². The highest BCUT2D eigenvalue weighted by atomic mass is 127. The van der Waals surface area contributed by atoms with Gasteiger partial charge in [0.2, 0.25) is 11.8 Å². The highest BCUT2D eigenvalue weighted by Gasteiger charge is 2.48. The van der Waals surface area contributed by atoms with Crippen LogP contribution < -0.4 is 0 Å². The molecule has 1 unspecified atom stereocenters. The molecule has 1 atom stereocenters. The monoisotopic (exact) mass is 407 g/mol. The lowest BCUT2D eigenvalue weighted by Gasteiger charge is -2.38. The zero-order chi connectivity index (χ0) is 15.9. The summed E-state index contributed by atoms with van der Waals surface area (Å²) in [6, 6.07) is 0. The third-order valence-corrected chi connectivity index (χ3v) is 5.11. The fourth-order valence-corrected chi connectivity index (χ4v) is 3.65. The van der Waals surface area contributed by atoms with Gasteiger partial charge in [-0.25, -0.2) is 0 Å². The molecule has 0 saturated carbocycles. The van der Waals surface area contributed by atoms with Gasteiger partial charge in [-0.2, -0.15) is 0 Å². The lowest BCUT2D eigenvalue weighted by molar-refractivity contribution is -0.147. The number of hydrogen-bond acceptors (Lipinski definition) is 2. The molecule has 1 rings (SSSR count).